The fourth-order valence-electron chi connectivity index (χ4n) is 5.62. The number of piperidine rings is 3. The van der Waals surface area contributed by atoms with Gasteiger partial charge in [0.25, 0.3) is 5.91 Å². The Morgan fingerprint density at radius 1 is 1.04 bits per heavy atom. The fourth-order valence-corrected chi connectivity index (χ4v) is 5.62. The molecule has 0 unspecified atom stereocenters. The number of phenolic OH excluding ortho intramolecular Hbond substituents is 1. The van der Waals surface area contributed by atoms with Gasteiger partial charge in [-0.2, -0.15) is 0 Å². The van der Waals surface area contributed by atoms with E-state index in [9.17, 15) is 15.0 Å². The number of aliphatic hydroxyl groups excluding tert-OH is 1. The van der Waals surface area contributed by atoms with Gasteiger partial charge in [-0.3, -0.25) is 9.69 Å². The number of nitrogens with zero attached hydrogens (tertiary/aromatic N) is 2. The number of likely N-dealkylation sites (tertiary alicyclic amines) is 1. The number of hydrogen-bond donors (Lipinski definition) is 2. The molecule has 2 aromatic rings. The SMILES string of the molecule is O=C(c1ccc(CO)cc1)N1C[C@@H](c2cccc(O)c2)[C@@H]2[C@H]1C1CCN2CC1. The summed E-state index contributed by atoms with van der Waals surface area (Å²) in [6, 6.07) is 15.4. The lowest BCUT2D eigenvalue weighted by Gasteiger charge is -2.51. The van der Waals surface area contributed by atoms with Crippen LogP contribution in [-0.4, -0.2) is 57.6 Å². The Bertz CT molecular complexity index is 874. The zero-order valence-electron chi connectivity index (χ0n) is 15.9. The van der Waals surface area contributed by atoms with Crippen LogP contribution in [0, 0.1) is 5.92 Å². The predicted molar refractivity (Wildman–Crippen MR) is 106 cm³/mol. The zero-order chi connectivity index (χ0) is 19.3. The summed E-state index contributed by atoms with van der Waals surface area (Å²) in [5, 5.41) is 19.3. The van der Waals surface area contributed by atoms with Crippen LogP contribution in [0.15, 0.2) is 48.5 Å². The van der Waals surface area contributed by atoms with Crippen molar-refractivity contribution in [2.45, 2.75) is 37.5 Å². The van der Waals surface area contributed by atoms with Crippen LogP contribution in [0.25, 0.3) is 0 Å². The van der Waals surface area contributed by atoms with E-state index in [1.54, 1.807) is 6.07 Å². The molecule has 2 bridgehead atoms. The first kappa shape index (κ1) is 17.7. The lowest BCUT2D eigenvalue weighted by atomic mass is 9.75. The van der Waals surface area contributed by atoms with E-state index in [1.165, 1.54) is 0 Å². The van der Waals surface area contributed by atoms with Gasteiger partial charge in [0.2, 0.25) is 0 Å². The van der Waals surface area contributed by atoms with Crippen LogP contribution in [0.5, 0.6) is 5.75 Å². The van der Waals surface area contributed by atoms with E-state index in [0.717, 1.165) is 37.1 Å². The molecule has 6 rings (SSSR count). The number of carbonyl (C=O) groups is 1. The van der Waals surface area contributed by atoms with E-state index in [1.807, 2.05) is 36.4 Å². The Hall–Kier alpha value is -2.37. The first-order chi connectivity index (χ1) is 13.7. The van der Waals surface area contributed by atoms with Gasteiger partial charge in [-0.05, 0) is 67.2 Å². The summed E-state index contributed by atoms with van der Waals surface area (Å²) in [6.45, 7) is 2.88. The van der Waals surface area contributed by atoms with Crippen LogP contribution in [0.4, 0.5) is 0 Å². The molecule has 0 spiro atoms. The molecule has 4 aliphatic heterocycles. The molecule has 28 heavy (non-hydrogen) atoms. The van der Waals surface area contributed by atoms with E-state index in [4.69, 9.17) is 0 Å². The summed E-state index contributed by atoms with van der Waals surface area (Å²) in [4.78, 5) is 18.1. The minimum absolute atomic E-state index is 0.0144. The normalized spacial score (nSPS) is 31.0. The van der Waals surface area contributed by atoms with E-state index < -0.39 is 0 Å². The zero-order valence-corrected chi connectivity index (χ0v) is 15.9. The van der Waals surface area contributed by atoms with Crippen LogP contribution in [0.2, 0.25) is 0 Å². The van der Waals surface area contributed by atoms with Crippen molar-refractivity contribution in [2.75, 3.05) is 19.6 Å². The summed E-state index contributed by atoms with van der Waals surface area (Å²) in [5.41, 5.74) is 2.62. The first-order valence-corrected chi connectivity index (χ1v) is 10.2. The molecule has 4 heterocycles. The minimum Gasteiger partial charge on any atom is -0.508 e. The second kappa shape index (κ2) is 6.90. The monoisotopic (exact) mass is 378 g/mol. The van der Waals surface area contributed by atoms with Crippen molar-refractivity contribution in [1.29, 1.82) is 0 Å². The van der Waals surface area contributed by atoms with Crippen LogP contribution < -0.4 is 0 Å². The number of carbonyl (C=O) groups excluding carboxylic acids is 1. The summed E-state index contributed by atoms with van der Waals surface area (Å²) < 4.78 is 0. The van der Waals surface area contributed by atoms with Crippen LogP contribution in [0.1, 0.15) is 40.2 Å². The maximum Gasteiger partial charge on any atom is 0.254 e. The second-order valence-corrected chi connectivity index (χ2v) is 8.37. The van der Waals surface area contributed by atoms with Crippen molar-refractivity contribution >= 4 is 5.91 Å². The standard InChI is InChI=1S/C23H26N2O3/c26-14-15-4-6-17(7-5-15)23(28)25-13-20(18-2-1-3-19(27)12-18)22-21(25)16-8-10-24(22)11-9-16/h1-7,12,16,20-22,26-27H,8-11,13-14H2/t20-,21+,22+/m0/s1. The summed E-state index contributed by atoms with van der Waals surface area (Å²) >= 11 is 0. The molecular weight excluding hydrogens is 352 g/mol. The maximum atomic E-state index is 13.4. The predicted octanol–water partition coefficient (Wildman–Crippen LogP) is 2.59. The Balaban J connectivity index is 1.50. The van der Waals surface area contributed by atoms with Gasteiger partial charge in [0, 0.05) is 24.1 Å². The van der Waals surface area contributed by atoms with E-state index in [-0.39, 0.29) is 30.2 Å². The highest BCUT2D eigenvalue weighted by Gasteiger charge is 2.54. The summed E-state index contributed by atoms with van der Waals surface area (Å²) in [7, 11) is 0. The number of amides is 1. The molecule has 3 atom stereocenters. The Kier molecular flexibility index (Phi) is 4.37. The van der Waals surface area contributed by atoms with Gasteiger partial charge >= 0.3 is 0 Å². The fraction of sp³-hybridized carbons (Fsp3) is 0.435. The topological polar surface area (TPSA) is 64.0 Å². The van der Waals surface area contributed by atoms with Gasteiger partial charge in [0.15, 0.2) is 0 Å². The van der Waals surface area contributed by atoms with Gasteiger partial charge in [0.05, 0.1) is 12.6 Å². The van der Waals surface area contributed by atoms with Crippen molar-refractivity contribution < 1.29 is 15.0 Å². The molecule has 1 amide bonds. The minimum atomic E-state index is -0.0144. The largest absolute Gasteiger partial charge is 0.508 e. The van der Waals surface area contributed by atoms with Gasteiger partial charge < -0.3 is 15.1 Å². The van der Waals surface area contributed by atoms with E-state index in [0.29, 0.717) is 24.1 Å². The number of benzene rings is 2. The number of rotatable bonds is 3. The number of hydrogen-bond acceptors (Lipinski definition) is 4. The third-order valence-electron chi connectivity index (χ3n) is 6.94. The van der Waals surface area contributed by atoms with Crippen molar-refractivity contribution in [2.24, 2.45) is 5.92 Å². The number of phenols is 1. The van der Waals surface area contributed by atoms with Crippen molar-refractivity contribution in [3.63, 3.8) is 0 Å². The highest BCUT2D eigenvalue weighted by Crippen LogP contribution is 2.47. The molecule has 0 saturated carbocycles. The molecule has 5 heteroatoms. The van der Waals surface area contributed by atoms with E-state index >= 15 is 0 Å². The Morgan fingerprint density at radius 2 is 1.79 bits per heavy atom. The third-order valence-corrected chi connectivity index (χ3v) is 6.94. The molecule has 4 saturated heterocycles. The molecule has 146 valence electrons. The molecule has 4 aliphatic rings. The lowest BCUT2D eigenvalue weighted by molar-refractivity contribution is -0.00341. The van der Waals surface area contributed by atoms with Crippen molar-refractivity contribution in [3.8, 4) is 5.75 Å². The van der Waals surface area contributed by atoms with E-state index in [2.05, 4.69) is 15.9 Å². The molecule has 0 aliphatic carbocycles. The average molecular weight is 378 g/mol. The molecule has 0 radical (unpaired) electrons. The second-order valence-electron chi connectivity index (χ2n) is 8.37. The van der Waals surface area contributed by atoms with Crippen molar-refractivity contribution in [3.05, 3.63) is 65.2 Å². The molecule has 2 N–H and O–H groups in total. The van der Waals surface area contributed by atoms with Gasteiger partial charge in [-0.15, -0.1) is 0 Å². The molecule has 5 nitrogen and oxygen atoms in total. The average Bonchev–Trinajstić information content (AvgIpc) is 3.17. The molecular formula is C23H26N2O3. The highest BCUT2D eigenvalue weighted by atomic mass is 16.3. The van der Waals surface area contributed by atoms with Gasteiger partial charge in [-0.1, -0.05) is 24.3 Å². The first-order valence-electron chi connectivity index (χ1n) is 10.2. The lowest BCUT2D eigenvalue weighted by Crippen LogP contribution is -2.60. The van der Waals surface area contributed by atoms with Crippen LogP contribution in [0.3, 0.4) is 0 Å². The molecule has 4 fully saturated rings. The van der Waals surface area contributed by atoms with Gasteiger partial charge in [0.1, 0.15) is 5.75 Å². The summed E-state index contributed by atoms with van der Waals surface area (Å²) in [6.07, 6.45) is 2.31. The molecule has 2 aromatic carbocycles. The third kappa shape index (κ3) is 2.81. The van der Waals surface area contributed by atoms with Crippen molar-refractivity contribution in [1.82, 2.24) is 9.80 Å². The van der Waals surface area contributed by atoms with Crippen LogP contribution >= 0.6 is 0 Å². The number of fused-ring (bicyclic) bond motifs is 2. The highest BCUT2D eigenvalue weighted by molar-refractivity contribution is 5.95. The summed E-state index contributed by atoms with van der Waals surface area (Å²) in [5.74, 6) is 1.14. The van der Waals surface area contributed by atoms with Gasteiger partial charge in [-0.25, -0.2) is 0 Å². The maximum absolute atomic E-state index is 13.4. The quantitative estimate of drug-likeness (QED) is 0.862. The Labute approximate surface area is 165 Å². The van der Waals surface area contributed by atoms with Crippen LogP contribution in [-0.2, 0) is 6.61 Å². The Morgan fingerprint density at radius 3 is 2.46 bits per heavy atom. The molecule has 0 aromatic heterocycles. The number of aromatic hydroxyl groups is 1. The number of aliphatic hydroxyl groups is 1. The smallest absolute Gasteiger partial charge is 0.254 e.